The molecule has 1 aliphatic heterocycles. The second kappa shape index (κ2) is 7.05. The zero-order valence-corrected chi connectivity index (χ0v) is 14.7. The number of anilines is 2. The zero-order valence-electron chi connectivity index (χ0n) is 13.9. The predicted octanol–water partition coefficient (Wildman–Crippen LogP) is 2.81. The molecule has 6 heteroatoms. The normalized spacial score (nSPS) is 14.4. The van der Waals surface area contributed by atoms with Crippen LogP contribution in [0.2, 0.25) is 0 Å². The molecule has 0 unspecified atom stereocenters. The van der Waals surface area contributed by atoms with Gasteiger partial charge in [-0.25, -0.2) is 0 Å². The number of carbonyl (C=O) groups is 2. The van der Waals surface area contributed by atoms with E-state index in [9.17, 15) is 9.59 Å². The molecule has 24 heavy (non-hydrogen) atoms. The first-order chi connectivity index (χ1) is 11.6. The minimum atomic E-state index is -0.0760. The van der Waals surface area contributed by atoms with Crippen LogP contribution in [-0.2, 0) is 11.2 Å². The first-order valence-electron chi connectivity index (χ1n) is 8.09. The SMILES string of the molecule is CCc1sc(C(=O)Nc2ccc(N3CCNC(=O)C3)cc2)cc1C. The molecule has 0 radical (unpaired) electrons. The Morgan fingerprint density at radius 1 is 1.33 bits per heavy atom. The number of nitrogens with one attached hydrogen (secondary N) is 2. The minimum Gasteiger partial charge on any atom is -0.360 e. The summed E-state index contributed by atoms with van der Waals surface area (Å²) in [4.78, 5) is 27.8. The van der Waals surface area contributed by atoms with Crippen molar-refractivity contribution in [2.75, 3.05) is 29.9 Å². The monoisotopic (exact) mass is 343 g/mol. The molecule has 1 fully saturated rings. The van der Waals surface area contributed by atoms with E-state index in [1.165, 1.54) is 10.4 Å². The molecule has 0 atom stereocenters. The molecule has 2 amide bonds. The van der Waals surface area contributed by atoms with Gasteiger partial charge >= 0.3 is 0 Å². The topological polar surface area (TPSA) is 61.4 Å². The van der Waals surface area contributed by atoms with E-state index in [-0.39, 0.29) is 11.8 Å². The maximum absolute atomic E-state index is 12.4. The summed E-state index contributed by atoms with van der Waals surface area (Å²) in [7, 11) is 0. The number of hydrogen-bond donors (Lipinski definition) is 2. The van der Waals surface area contributed by atoms with Crippen LogP contribution in [0.15, 0.2) is 30.3 Å². The Hall–Kier alpha value is -2.34. The van der Waals surface area contributed by atoms with E-state index < -0.39 is 0 Å². The van der Waals surface area contributed by atoms with Crippen LogP contribution in [0, 0.1) is 6.92 Å². The highest BCUT2D eigenvalue weighted by Crippen LogP contribution is 2.24. The summed E-state index contributed by atoms with van der Waals surface area (Å²) in [6.45, 7) is 5.97. The van der Waals surface area contributed by atoms with Crippen molar-refractivity contribution in [3.63, 3.8) is 0 Å². The number of benzene rings is 1. The standard InChI is InChI=1S/C18H21N3O2S/c1-3-15-12(2)10-16(24-15)18(23)20-13-4-6-14(7-5-13)21-9-8-19-17(22)11-21/h4-7,10H,3,8-9,11H2,1-2H3,(H,19,22)(H,20,23). The van der Waals surface area contributed by atoms with E-state index in [1.807, 2.05) is 42.2 Å². The number of hydrogen-bond acceptors (Lipinski definition) is 4. The summed E-state index contributed by atoms with van der Waals surface area (Å²) in [6.07, 6.45) is 0.946. The van der Waals surface area contributed by atoms with E-state index >= 15 is 0 Å². The lowest BCUT2D eigenvalue weighted by molar-refractivity contribution is -0.120. The molecule has 0 saturated carbocycles. The van der Waals surface area contributed by atoms with Gasteiger partial charge in [0.15, 0.2) is 0 Å². The third-order valence-electron chi connectivity index (χ3n) is 4.09. The summed E-state index contributed by atoms with van der Waals surface area (Å²) in [5, 5.41) is 5.75. The fourth-order valence-corrected chi connectivity index (χ4v) is 3.80. The van der Waals surface area contributed by atoms with Gasteiger partial charge in [0.05, 0.1) is 11.4 Å². The maximum Gasteiger partial charge on any atom is 0.265 e. The van der Waals surface area contributed by atoms with Crippen molar-refractivity contribution < 1.29 is 9.59 Å². The van der Waals surface area contributed by atoms with Gasteiger partial charge < -0.3 is 15.5 Å². The van der Waals surface area contributed by atoms with Gasteiger partial charge in [-0.3, -0.25) is 9.59 Å². The molecule has 1 saturated heterocycles. The van der Waals surface area contributed by atoms with Crippen molar-refractivity contribution in [1.82, 2.24) is 5.32 Å². The molecule has 1 aromatic carbocycles. The van der Waals surface area contributed by atoms with Gasteiger partial charge in [-0.1, -0.05) is 6.92 Å². The van der Waals surface area contributed by atoms with E-state index in [2.05, 4.69) is 17.6 Å². The van der Waals surface area contributed by atoms with Crippen molar-refractivity contribution in [1.29, 1.82) is 0 Å². The molecule has 1 aromatic heterocycles. The van der Waals surface area contributed by atoms with Crippen molar-refractivity contribution in [3.8, 4) is 0 Å². The molecule has 0 bridgehead atoms. The number of amides is 2. The van der Waals surface area contributed by atoms with E-state index in [0.717, 1.165) is 29.2 Å². The third kappa shape index (κ3) is 3.59. The molecule has 5 nitrogen and oxygen atoms in total. The van der Waals surface area contributed by atoms with Gasteiger partial charge in [0.25, 0.3) is 5.91 Å². The molecule has 126 valence electrons. The predicted molar refractivity (Wildman–Crippen MR) is 98.1 cm³/mol. The van der Waals surface area contributed by atoms with Crippen molar-refractivity contribution in [2.24, 2.45) is 0 Å². The van der Waals surface area contributed by atoms with Crippen LogP contribution in [0.4, 0.5) is 11.4 Å². The summed E-state index contributed by atoms with van der Waals surface area (Å²) in [6, 6.07) is 9.57. The van der Waals surface area contributed by atoms with Gasteiger partial charge in [0.2, 0.25) is 5.91 Å². The Balaban J connectivity index is 1.67. The molecule has 3 rings (SSSR count). The molecule has 1 aliphatic rings. The van der Waals surface area contributed by atoms with Crippen molar-refractivity contribution in [2.45, 2.75) is 20.3 Å². The van der Waals surface area contributed by atoms with E-state index in [0.29, 0.717) is 13.1 Å². The lowest BCUT2D eigenvalue weighted by Gasteiger charge is -2.28. The maximum atomic E-state index is 12.4. The zero-order chi connectivity index (χ0) is 17.1. The number of thiophene rings is 1. The van der Waals surface area contributed by atoms with Crippen LogP contribution in [0.1, 0.15) is 27.0 Å². The van der Waals surface area contributed by atoms with Crippen LogP contribution < -0.4 is 15.5 Å². The van der Waals surface area contributed by atoms with Gasteiger partial charge in [-0.2, -0.15) is 0 Å². The molecular formula is C18H21N3O2S. The summed E-state index contributed by atoms with van der Waals surface area (Å²) >= 11 is 1.55. The molecule has 0 spiro atoms. The number of nitrogens with zero attached hydrogens (tertiary/aromatic N) is 1. The first-order valence-corrected chi connectivity index (χ1v) is 8.91. The molecule has 2 N–H and O–H groups in total. The van der Waals surface area contributed by atoms with Crippen LogP contribution in [0.5, 0.6) is 0 Å². The van der Waals surface area contributed by atoms with Gasteiger partial charge in [0.1, 0.15) is 0 Å². The quantitative estimate of drug-likeness (QED) is 0.897. The van der Waals surface area contributed by atoms with Crippen molar-refractivity contribution in [3.05, 3.63) is 45.6 Å². The Labute approximate surface area is 145 Å². The number of piperazine rings is 1. The Kier molecular flexibility index (Phi) is 4.85. The number of carbonyl (C=O) groups excluding carboxylic acids is 2. The Bertz CT molecular complexity index is 752. The summed E-state index contributed by atoms with van der Waals surface area (Å²) in [5.41, 5.74) is 2.92. The number of aryl methyl sites for hydroxylation is 2. The second-order valence-corrected chi connectivity index (χ2v) is 6.98. The Morgan fingerprint density at radius 3 is 2.71 bits per heavy atom. The highest BCUT2D eigenvalue weighted by molar-refractivity contribution is 7.14. The largest absolute Gasteiger partial charge is 0.360 e. The average molecular weight is 343 g/mol. The number of rotatable bonds is 4. The van der Waals surface area contributed by atoms with Crippen LogP contribution in [0.3, 0.4) is 0 Å². The van der Waals surface area contributed by atoms with E-state index in [4.69, 9.17) is 0 Å². The lowest BCUT2D eigenvalue weighted by atomic mass is 10.2. The Morgan fingerprint density at radius 2 is 2.08 bits per heavy atom. The lowest BCUT2D eigenvalue weighted by Crippen LogP contribution is -2.47. The van der Waals surface area contributed by atoms with Gasteiger partial charge in [-0.15, -0.1) is 11.3 Å². The van der Waals surface area contributed by atoms with Crippen LogP contribution in [-0.4, -0.2) is 31.4 Å². The summed E-state index contributed by atoms with van der Waals surface area (Å²) < 4.78 is 0. The van der Waals surface area contributed by atoms with Crippen LogP contribution >= 0.6 is 11.3 Å². The fraction of sp³-hybridized carbons (Fsp3) is 0.333. The van der Waals surface area contributed by atoms with Crippen molar-refractivity contribution >= 4 is 34.5 Å². The fourth-order valence-electron chi connectivity index (χ4n) is 2.79. The van der Waals surface area contributed by atoms with E-state index in [1.54, 1.807) is 11.3 Å². The molecule has 2 heterocycles. The third-order valence-corrected chi connectivity index (χ3v) is 5.47. The minimum absolute atomic E-state index is 0.0402. The van der Waals surface area contributed by atoms with Gasteiger partial charge in [-0.05, 0) is 49.2 Å². The average Bonchev–Trinajstić information content (AvgIpc) is 2.96. The highest BCUT2D eigenvalue weighted by atomic mass is 32.1. The first kappa shape index (κ1) is 16.5. The molecular weight excluding hydrogens is 322 g/mol. The highest BCUT2D eigenvalue weighted by Gasteiger charge is 2.16. The smallest absolute Gasteiger partial charge is 0.265 e. The second-order valence-electron chi connectivity index (χ2n) is 5.84. The molecule has 2 aromatic rings. The van der Waals surface area contributed by atoms with Gasteiger partial charge in [0, 0.05) is 29.3 Å². The summed E-state index contributed by atoms with van der Waals surface area (Å²) in [5.74, 6) is -0.0358. The van der Waals surface area contributed by atoms with Crippen LogP contribution in [0.25, 0.3) is 0 Å². The molecule has 0 aliphatic carbocycles.